The standard InChI is InChI=1S/C14H9F2NO3/c15-8-5-6-9(11(16)7-8)13(18)20-14(19)10-3-1-2-4-12(10)17/h1-7H,17H2. The maximum absolute atomic E-state index is 13.4. The van der Waals surface area contributed by atoms with Gasteiger partial charge >= 0.3 is 11.9 Å². The number of benzene rings is 2. The van der Waals surface area contributed by atoms with Crippen LogP contribution in [-0.2, 0) is 4.74 Å². The van der Waals surface area contributed by atoms with Crippen molar-refractivity contribution in [2.45, 2.75) is 0 Å². The minimum absolute atomic E-state index is 0.0108. The van der Waals surface area contributed by atoms with Gasteiger partial charge in [-0.15, -0.1) is 0 Å². The summed E-state index contributed by atoms with van der Waals surface area (Å²) in [5, 5.41) is 0. The molecule has 0 saturated heterocycles. The van der Waals surface area contributed by atoms with Gasteiger partial charge < -0.3 is 10.5 Å². The van der Waals surface area contributed by atoms with Crippen LogP contribution in [0.15, 0.2) is 42.5 Å². The predicted molar refractivity (Wildman–Crippen MR) is 67.0 cm³/mol. The van der Waals surface area contributed by atoms with E-state index in [4.69, 9.17) is 5.73 Å². The Morgan fingerprint density at radius 3 is 2.25 bits per heavy atom. The van der Waals surface area contributed by atoms with E-state index in [1.807, 2.05) is 0 Å². The number of carbonyl (C=O) groups is 2. The van der Waals surface area contributed by atoms with E-state index in [0.29, 0.717) is 6.07 Å². The number of halogens is 2. The molecule has 0 spiro atoms. The molecule has 0 aliphatic rings. The SMILES string of the molecule is Nc1ccccc1C(=O)OC(=O)c1ccc(F)cc1F. The summed E-state index contributed by atoms with van der Waals surface area (Å²) >= 11 is 0. The number of hydrogen-bond acceptors (Lipinski definition) is 4. The molecule has 0 saturated carbocycles. The van der Waals surface area contributed by atoms with Gasteiger partial charge in [0.15, 0.2) is 0 Å². The van der Waals surface area contributed by atoms with Crippen LogP contribution >= 0.6 is 0 Å². The van der Waals surface area contributed by atoms with Crippen LogP contribution in [0, 0.1) is 11.6 Å². The fourth-order valence-corrected chi connectivity index (χ4v) is 1.53. The van der Waals surface area contributed by atoms with Crippen molar-refractivity contribution in [1.29, 1.82) is 0 Å². The van der Waals surface area contributed by atoms with Gasteiger partial charge in [0.05, 0.1) is 11.1 Å². The van der Waals surface area contributed by atoms with Crippen LogP contribution in [-0.4, -0.2) is 11.9 Å². The van der Waals surface area contributed by atoms with Crippen molar-refractivity contribution in [3.05, 3.63) is 65.2 Å². The molecule has 0 aliphatic heterocycles. The third-order valence-corrected chi connectivity index (χ3v) is 2.52. The number of anilines is 1. The van der Waals surface area contributed by atoms with Crippen LogP contribution in [0.3, 0.4) is 0 Å². The van der Waals surface area contributed by atoms with Gasteiger partial charge in [-0.25, -0.2) is 18.4 Å². The van der Waals surface area contributed by atoms with E-state index in [1.54, 1.807) is 6.07 Å². The molecule has 4 nitrogen and oxygen atoms in total. The highest BCUT2D eigenvalue weighted by atomic mass is 19.1. The lowest BCUT2D eigenvalue weighted by Gasteiger charge is -2.06. The average molecular weight is 277 g/mol. The Kier molecular flexibility index (Phi) is 3.74. The largest absolute Gasteiger partial charge is 0.398 e. The molecule has 0 amide bonds. The lowest BCUT2D eigenvalue weighted by atomic mass is 10.2. The highest BCUT2D eigenvalue weighted by Gasteiger charge is 2.19. The van der Waals surface area contributed by atoms with E-state index in [9.17, 15) is 18.4 Å². The molecule has 0 unspecified atom stereocenters. The Balaban J connectivity index is 2.20. The zero-order valence-electron chi connectivity index (χ0n) is 10.1. The minimum atomic E-state index is -1.21. The maximum Gasteiger partial charge on any atom is 0.349 e. The van der Waals surface area contributed by atoms with Crippen LogP contribution in [0.5, 0.6) is 0 Å². The Morgan fingerprint density at radius 1 is 0.950 bits per heavy atom. The van der Waals surface area contributed by atoms with Gasteiger partial charge in [-0.1, -0.05) is 12.1 Å². The fourth-order valence-electron chi connectivity index (χ4n) is 1.53. The van der Waals surface area contributed by atoms with E-state index < -0.39 is 29.1 Å². The number of hydrogen-bond donors (Lipinski definition) is 1. The summed E-state index contributed by atoms with van der Waals surface area (Å²) < 4.78 is 30.6. The first-order valence-electron chi connectivity index (χ1n) is 5.55. The van der Waals surface area contributed by atoms with Gasteiger partial charge in [0.1, 0.15) is 11.6 Å². The van der Waals surface area contributed by atoms with Crippen molar-refractivity contribution in [3.8, 4) is 0 Å². The van der Waals surface area contributed by atoms with Crippen molar-refractivity contribution in [1.82, 2.24) is 0 Å². The van der Waals surface area contributed by atoms with Crippen molar-refractivity contribution in [3.63, 3.8) is 0 Å². The first-order valence-corrected chi connectivity index (χ1v) is 5.55. The number of ether oxygens (including phenoxy) is 1. The first kappa shape index (κ1) is 13.7. The van der Waals surface area contributed by atoms with Crippen molar-refractivity contribution in [2.24, 2.45) is 0 Å². The number of nitrogen functional groups attached to an aromatic ring is 1. The lowest BCUT2D eigenvalue weighted by molar-refractivity contribution is 0.0395. The molecule has 0 radical (unpaired) electrons. The summed E-state index contributed by atoms with van der Waals surface area (Å²) in [5.41, 5.74) is 5.14. The Bertz CT molecular complexity index is 686. The molecular weight excluding hydrogens is 268 g/mol. The molecule has 20 heavy (non-hydrogen) atoms. The highest BCUT2D eigenvalue weighted by molar-refractivity contribution is 6.04. The zero-order chi connectivity index (χ0) is 14.7. The molecule has 0 aliphatic carbocycles. The van der Waals surface area contributed by atoms with Crippen molar-refractivity contribution in [2.75, 3.05) is 5.73 Å². The average Bonchev–Trinajstić information content (AvgIpc) is 2.38. The summed E-state index contributed by atoms with van der Waals surface area (Å²) in [6.45, 7) is 0. The van der Waals surface area contributed by atoms with E-state index in [2.05, 4.69) is 4.74 Å². The molecule has 2 aromatic carbocycles. The summed E-state index contributed by atoms with van der Waals surface area (Å²) in [5.74, 6) is -4.16. The van der Waals surface area contributed by atoms with E-state index in [0.717, 1.165) is 12.1 Å². The second kappa shape index (κ2) is 5.48. The molecule has 6 heteroatoms. The second-order valence-corrected chi connectivity index (χ2v) is 3.89. The molecule has 0 atom stereocenters. The third-order valence-electron chi connectivity index (χ3n) is 2.52. The summed E-state index contributed by atoms with van der Waals surface area (Å²) in [7, 11) is 0. The molecule has 0 heterocycles. The Labute approximate surface area is 112 Å². The van der Waals surface area contributed by atoms with Gasteiger partial charge in [-0.2, -0.15) is 0 Å². The normalized spacial score (nSPS) is 10.1. The maximum atomic E-state index is 13.4. The van der Waals surface area contributed by atoms with Gasteiger partial charge in [-0.05, 0) is 24.3 Å². The summed E-state index contributed by atoms with van der Waals surface area (Å²) in [6, 6.07) is 8.28. The molecule has 2 aromatic rings. The smallest absolute Gasteiger partial charge is 0.349 e. The van der Waals surface area contributed by atoms with Gasteiger partial charge in [0, 0.05) is 11.8 Å². The molecule has 2 rings (SSSR count). The number of esters is 2. The van der Waals surface area contributed by atoms with Crippen molar-refractivity contribution >= 4 is 17.6 Å². The van der Waals surface area contributed by atoms with Crippen LogP contribution in [0.2, 0.25) is 0 Å². The van der Waals surface area contributed by atoms with Crippen LogP contribution < -0.4 is 5.73 Å². The van der Waals surface area contributed by atoms with E-state index >= 15 is 0 Å². The molecule has 2 N–H and O–H groups in total. The third kappa shape index (κ3) is 2.80. The summed E-state index contributed by atoms with van der Waals surface area (Å²) in [4.78, 5) is 23.3. The van der Waals surface area contributed by atoms with E-state index in [-0.39, 0.29) is 11.3 Å². The minimum Gasteiger partial charge on any atom is -0.398 e. The lowest BCUT2D eigenvalue weighted by Crippen LogP contribution is -2.15. The van der Waals surface area contributed by atoms with Crippen molar-refractivity contribution < 1.29 is 23.1 Å². The second-order valence-electron chi connectivity index (χ2n) is 3.89. The topological polar surface area (TPSA) is 69.4 Å². The number of rotatable bonds is 2. The van der Waals surface area contributed by atoms with Gasteiger partial charge in [0.2, 0.25) is 0 Å². The first-order chi connectivity index (χ1) is 9.49. The Morgan fingerprint density at radius 2 is 1.60 bits per heavy atom. The molecular formula is C14H9F2NO3. The van der Waals surface area contributed by atoms with E-state index in [1.165, 1.54) is 18.2 Å². The molecule has 102 valence electrons. The van der Waals surface area contributed by atoms with Crippen LogP contribution in [0.25, 0.3) is 0 Å². The van der Waals surface area contributed by atoms with Crippen LogP contribution in [0.4, 0.5) is 14.5 Å². The molecule has 0 fully saturated rings. The summed E-state index contributed by atoms with van der Waals surface area (Å²) in [6.07, 6.45) is 0. The Hall–Kier alpha value is -2.76. The van der Waals surface area contributed by atoms with Gasteiger partial charge in [0.25, 0.3) is 0 Å². The zero-order valence-corrected chi connectivity index (χ0v) is 10.1. The number of para-hydroxylation sites is 1. The number of nitrogens with two attached hydrogens (primary N) is 1. The monoisotopic (exact) mass is 277 g/mol. The fraction of sp³-hybridized carbons (Fsp3) is 0. The number of carbonyl (C=O) groups excluding carboxylic acids is 2. The quantitative estimate of drug-likeness (QED) is 0.520. The molecule has 0 aromatic heterocycles. The highest BCUT2D eigenvalue weighted by Crippen LogP contribution is 2.15. The van der Waals surface area contributed by atoms with Crippen LogP contribution in [0.1, 0.15) is 20.7 Å². The van der Waals surface area contributed by atoms with Gasteiger partial charge in [-0.3, -0.25) is 0 Å². The predicted octanol–water partition coefficient (Wildman–Crippen LogP) is 2.54. The molecule has 0 bridgehead atoms.